The summed E-state index contributed by atoms with van der Waals surface area (Å²) < 4.78 is 0. The summed E-state index contributed by atoms with van der Waals surface area (Å²) >= 11 is 0. The van der Waals surface area contributed by atoms with Crippen LogP contribution in [-0.2, 0) is 9.59 Å². The van der Waals surface area contributed by atoms with E-state index in [-0.39, 0.29) is 11.8 Å². The normalized spacial score (nSPS) is 17.0. The Morgan fingerprint density at radius 1 is 1.29 bits per heavy atom. The summed E-state index contributed by atoms with van der Waals surface area (Å²) in [5.41, 5.74) is 0. The predicted molar refractivity (Wildman–Crippen MR) is 67.5 cm³/mol. The van der Waals surface area contributed by atoms with E-state index in [0.29, 0.717) is 12.5 Å². The average Bonchev–Trinajstić information content (AvgIpc) is 2.35. The van der Waals surface area contributed by atoms with E-state index in [0.717, 1.165) is 38.8 Å². The minimum absolute atomic E-state index is 0.324. The number of piperidine rings is 1. The number of hydrogen-bond acceptors (Lipinski definition) is 2. The van der Waals surface area contributed by atoms with E-state index < -0.39 is 0 Å². The van der Waals surface area contributed by atoms with Crippen molar-refractivity contribution in [1.29, 1.82) is 0 Å². The number of carbonyl (C=O) groups excluding carboxylic acids is 2. The van der Waals surface area contributed by atoms with E-state index in [1.807, 2.05) is 0 Å². The number of unbranched alkanes of at least 4 members (excludes halogenated alkanes) is 1. The molecule has 0 aromatic heterocycles. The van der Waals surface area contributed by atoms with Crippen molar-refractivity contribution >= 4 is 11.8 Å². The summed E-state index contributed by atoms with van der Waals surface area (Å²) in [5.74, 6) is -0.00419. The molecule has 1 aliphatic heterocycles. The highest BCUT2D eigenvalue weighted by atomic mass is 16.2. The van der Waals surface area contributed by atoms with Gasteiger partial charge in [-0.3, -0.25) is 9.59 Å². The summed E-state index contributed by atoms with van der Waals surface area (Å²) in [6.07, 6.45) is 4.01. The fraction of sp³-hybridized carbons (Fsp3) is 0.846. The van der Waals surface area contributed by atoms with Crippen LogP contribution in [0, 0.1) is 5.92 Å². The first-order valence-corrected chi connectivity index (χ1v) is 6.60. The lowest BCUT2D eigenvalue weighted by Gasteiger charge is -2.30. The summed E-state index contributed by atoms with van der Waals surface area (Å²) in [6.45, 7) is 6.40. The van der Waals surface area contributed by atoms with Gasteiger partial charge >= 0.3 is 11.8 Å². The van der Waals surface area contributed by atoms with Crippen molar-refractivity contribution in [3.63, 3.8) is 0 Å². The third kappa shape index (κ3) is 4.02. The van der Waals surface area contributed by atoms with Crippen LogP contribution >= 0.6 is 0 Å². The van der Waals surface area contributed by atoms with E-state index in [4.69, 9.17) is 0 Å². The van der Waals surface area contributed by atoms with Crippen LogP contribution in [0.15, 0.2) is 0 Å². The molecule has 2 amide bonds. The predicted octanol–water partition coefficient (Wildman–Crippen LogP) is 1.50. The summed E-state index contributed by atoms with van der Waals surface area (Å²) in [5, 5.41) is 0. The topological polar surface area (TPSA) is 40.6 Å². The zero-order valence-electron chi connectivity index (χ0n) is 11.2. The smallest absolute Gasteiger partial charge is 0.312 e. The Hall–Kier alpha value is -1.06. The van der Waals surface area contributed by atoms with Crippen molar-refractivity contribution in [2.45, 2.75) is 39.5 Å². The van der Waals surface area contributed by atoms with E-state index in [1.54, 1.807) is 16.8 Å². The van der Waals surface area contributed by atoms with Gasteiger partial charge in [0, 0.05) is 26.7 Å². The highest BCUT2D eigenvalue weighted by Gasteiger charge is 2.27. The van der Waals surface area contributed by atoms with Gasteiger partial charge in [-0.2, -0.15) is 0 Å². The summed E-state index contributed by atoms with van der Waals surface area (Å²) in [7, 11) is 1.71. The molecule has 4 heteroatoms. The molecular formula is C13H24N2O2. The molecule has 0 radical (unpaired) electrons. The molecule has 0 bridgehead atoms. The highest BCUT2D eigenvalue weighted by molar-refractivity contribution is 6.34. The van der Waals surface area contributed by atoms with Crippen LogP contribution in [0.25, 0.3) is 0 Å². The molecule has 0 aliphatic carbocycles. The maximum absolute atomic E-state index is 11.9. The van der Waals surface area contributed by atoms with Gasteiger partial charge < -0.3 is 9.80 Å². The fourth-order valence-electron chi connectivity index (χ4n) is 2.01. The van der Waals surface area contributed by atoms with Crippen molar-refractivity contribution in [2.75, 3.05) is 26.7 Å². The van der Waals surface area contributed by atoms with Gasteiger partial charge in [-0.15, -0.1) is 0 Å². The zero-order valence-corrected chi connectivity index (χ0v) is 11.2. The van der Waals surface area contributed by atoms with Gasteiger partial charge in [0.2, 0.25) is 0 Å². The minimum atomic E-state index is -0.354. The van der Waals surface area contributed by atoms with Gasteiger partial charge in [0.1, 0.15) is 0 Å². The summed E-state index contributed by atoms with van der Waals surface area (Å²) in [4.78, 5) is 27.1. The van der Waals surface area contributed by atoms with E-state index in [9.17, 15) is 9.59 Å². The lowest BCUT2D eigenvalue weighted by atomic mass is 9.99. The molecule has 4 nitrogen and oxygen atoms in total. The maximum Gasteiger partial charge on any atom is 0.312 e. The molecular weight excluding hydrogens is 216 g/mol. The van der Waals surface area contributed by atoms with Crippen LogP contribution in [0.4, 0.5) is 0 Å². The van der Waals surface area contributed by atoms with Gasteiger partial charge in [0.05, 0.1) is 0 Å². The first-order chi connectivity index (χ1) is 8.06. The Morgan fingerprint density at radius 3 is 2.41 bits per heavy atom. The van der Waals surface area contributed by atoms with Crippen molar-refractivity contribution in [1.82, 2.24) is 9.80 Å². The first-order valence-electron chi connectivity index (χ1n) is 6.60. The number of carbonyl (C=O) groups is 2. The van der Waals surface area contributed by atoms with Crippen molar-refractivity contribution < 1.29 is 9.59 Å². The van der Waals surface area contributed by atoms with E-state index in [1.165, 1.54) is 0 Å². The van der Waals surface area contributed by atoms with Gasteiger partial charge in [-0.05, 0) is 25.2 Å². The zero-order chi connectivity index (χ0) is 12.8. The number of likely N-dealkylation sites (tertiary alicyclic amines) is 1. The molecule has 1 rings (SSSR count). The first kappa shape index (κ1) is 14.0. The number of hydrogen-bond donors (Lipinski definition) is 0. The van der Waals surface area contributed by atoms with Crippen LogP contribution < -0.4 is 0 Å². The second-order valence-corrected chi connectivity index (χ2v) is 5.05. The second-order valence-electron chi connectivity index (χ2n) is 5.05. The lowest BCUT2D eigenvalue weighted by molar-refractivity contribution is -0.151. The van der Waals surface area contributed by atoms with E-state index in [2.05, 4.69) is 13.8 Å². The fourth-order valence-corrected chi connectivity index (χ4v) is 2.01. The largest absolute Gasteiger partial charge is 0.338 e. The third-order valence-corrected chi connectivity index (χ3v) is 3.45. The molecule has 98 valence electrons. The molecule has 0 saturated carbocycles. The molecule has 0 atom stereocenters. The quantitative estimate of drug-likeness (QED) is 0.701. The number of rotatable bonds is 3. The Bertz CT molecular complexity index is 271. The maximum atomic E-state index is 11.9. The SMILES string of the molecule is CCCCN(C)C(=O)C(=O)N1CCC(C)CC1. The third-order valence-electron chi connectivity index (χ3n) is 3.45. The summed E-state index contributed by atoms with van der Waals surface area (Å²) in [6, 6.07) is 0. The molecule has 0 aromatic carbocycles. The van der Waals surface area contributed by atoms with Crippen LogP contribution in [0.3, 0.4) is 0 Å². The minimum Gasteiger partial charge on any atom is -0.338 e. The molecule has 0 spiro atoms. The highest BCUT2D eigenvalue weighted by Crippen LogP contribution is 2.16. The van der Waals surface area contributed by atoms with Gasteiger partial charge in [0.25, 0.3) is 0 Å². The van der Waals surface area contributed by atoms with Gasteiger partial charge in [-0.1, -0.05) is 20.3 Å². The molecule has 1 fully saturated rings. The Morgan fingerprint density at radius 2 is 1.88 bits per heavy atom. The average molecular weight is 240 g/mol. The van der Waals surface area contributed by atoms with Crippen LogP contribution in [0.1, 0.15) is 39.5 Å². The number of amides is 2. The Kier molecular flexibility index (Phi) is 5.45. The molecule has 17 heavy (non-hydrogen) atoms. The Labute approximate surface area is 104 Å². The van der Waals surface area contributed by atoms with Crippen LogP contribution in [0.5, 0.6) is 0 Å². The van der Waals surface area contributed by atoms with Crippen molar-refractivity contribution in [3.8, 4) is 0 Å². The van der Waals surface area contributed by atoms with E-state index >= 15 is 0 Å². The molecule has 0 N–H and O–H groups in total. The van der Waals surface area contributed by atoms with Gasteiger partial charge in [-0.25, -0.2) is 0 Å². The monoisotopic (exact) mass is 240 g/mol. The second kappa shape index (κ2) is 6.62. The van der Waals surface area contributed by atoms with Crippen LogP contribution in [-0.4, -0.2) is 48.3 Å². The molecule has 1 heterocycles. The molecule has 1 aliphatic rings. The molecule has 0 aromatic rings. The lowest BCUT2D eigenvalue weighted by Crippen LogP contribution is -2.46. The van der Waals surface area contributed by atoms with Gasteiger partial charge in [0.15, 0.2) is 0 Å². The van der Waals surface area contributed by atoms with Crippen LogP contribution in [0.2, 0.25) is 0 Å². The number of likely N-dealkylation sites (N-methyl/N-ethyl adjacent to an activating group) is 1. The van der Waals surface area contributed by atoms with Crippen molar-refractivity contribution in [3.05, 3.63) is 0 Å². The van der Waals surface area contributed by atoms with Crippen molar-refractivity contribution in [2.24, 2.45) is 5.92 Å². The molecule has 1 saturated heterocycles. The standard InChI is InChI=1S/C13H24N2O2/c1-4-5-8-14(3)12(16)13(17)15-9-6-11(2)7-10-15/h11H,4-10H2,1-3H3. The Balaban J connectivity index is 2.43. The molecule has 0 unspecified atom stereocenters. The number of nitrogens with zero attached hydrogens (tertiary/aromatic N) is 2.